The summed E-state index contributed by atoms with van der Waals surface area (Å²) in [5, 5.41) is 0. The van der Waals surface area contributed by atoms with Crippen molar-refractivity contribution in [1.82, 2.24) is 0 Å². The average molecular weight is 511 g/mol. The molecule has 0 bridgehead atoms. The molecular weight excluding hydrogens is 462 g/mol. The topological polar surface area (TPSA) is 0 Å². The van der Waals surface area contributed by atoms with E-state index in [0.717, 1.165) is 4.91 Å². The van der Waals surface area contributed by atoms with Gasteiger partial charge in [0.05, 0.1) is 0 Å². The quantitative estimate of drug-likeness (QED) is 0.285. The average Bonchev–Trinajstić information content (AvgIpc) is 2.40. The first kappa shape index (κ1) is 27.5. The Kier molecular flexibility index (Phi) is 8.36. The Balaban J connectivity index is 3.88. The zero-order chi connectivity index (χ0) is 23.2. The van der Waals surface area contributed by atoms with E-state index in [4.69, 9.17) is 0 Å². The van der Waals surface area contributed by atoms with Gasteiger partial charge in [-0.15, -0.1) is 0 Å². The molecule has 0 nitrogen and oxygen atoms in total. The van der Waals surface area contributed by atoms with Crippen molar-refractivity contribution in [3.63, 3.8) is 0 Å². The van der Waals surface area contributed by atoms with Crippen molar-refractivity contribution in [2.24, 2.45) is 0 Å². The number of hydrogen-bond donors (Lipinski definition) is 0. The van der Waals surface area contributed by atoms with Gasteiger partial charge >= 0.3 is 194 Å². The van der Waals surface area contributed by atoms with Crippen LogP contribution in [0, 0.1) is 0 Å². The molecule has 0 aliphatic carbocycles. The molecule has 0 unspecified atom stereocenters. The maximum absolute atomic E-state index is 2.60. The molecule has 1 rings (SSSR count). The van der Waals surface area contributed by atoms with Crippen molar-refractivity contribution in [3.8, 4) is 0 Å². The Hall–Kier alpha value is 0.512. The van der Waals surface area contributed by atoms with Gasteiger partial charge in [0.25, 0.3) is 0 Å². The molecule has 29 heavy (non-hydrogen) atoms. The first-order valence-corrected chi connectivity index (χ1v) is 22.7. The van der Waals surface area contributed by atoms with E-state index in [-0.39, 0.29) is 31.1 Å². The summed E-state index contributed by atoms with van der Waals surface area (Å²) in [5.74, 6) is 0. The second-order valence-electron chi connectivity index (χ2n) is 14.0. The molecule has 0 aliphatic rings. The van der Waals surface area contributed by atoms with Crippen LogP contribution in [0.3, 0.4) is 0 Å². The molecule has 0 radical (unpaired) electrons. The monoisotopic (exact) mass is 510 g/mol. The van der Waals surface area contributed by atoms with Gasteiger partial charge in [-0.1, -0.05) is 0 Å². The molecule has 0 saturated carbocycles. The third-order valence-corrected chi connectivity index (χ3v) is 27.2. The van der Waals surface area contributed by atoms with Crippen molar-refractivity contribution in [1.29, 1.82) is 0 Å². The second-order valence-corrected chi connectivity index (χ2v) is 30.8. The molecule has 0 fully saturated rings. The first-order chi connectivity index (χ1) is 12.6. The van der Waals surface area contributed by atoms with Gasteiger partial charge in [0, 0.05) is 0 Å². The number of rotatable bonds is 4. The van der Waals surface area contributed by atoms with Gasteiger partial charge < -0.3 is 0 Å². The first-order valence-electron chi connectivity index (χ1n) is 11.2. The summed E-state index contributed by atoms with van der Waals surface area (Å²) in [5.41, 5.74) is 5.30. The Morgan fingerprint density at radius 1 is 0.655 bits per heavy atom. The molecule has 166 valence electrons. The summed E-state index contributed by atoms with van der Waals surface area (Å²) in [4.78, 5) is 0.970. The summed E-state index contributed by atoms with van der Waals surface area (Å²) in [6.07, 6.45) is 0. The van der Waals surface area contributed by atoms with Gasteiger partial charge in [0.2, 0.25) is 0 Å². The summed E-state index contributed by atoms with van der Waals surface area (Å²) in [6, 6.07) is 5.13. The van der Waals surface area contributed by atoms with Gasteiger partial charge in [-0.05, 0) is 0 Å². The maximum atomic E-state index is 2.60. The minimum absolute atomic E-state index is 0.155. The van der Waals surface area contributed by atoms with E-state index in [2.05, 4.69) is 114 Å². The van der Waals surface area contributed by atoms with Crippen molar-refractivity contribution >= 4 is 42.0 Å². The molecule has 1 aromatic carbocycles. The van der Waals surface area contributed by atoms with Crippen LogP contribution in [0.15, 0.2) is 12.1 Å². The molecule has 0 heterocycles. The summed E-state index contributed by atoms with van der Waals surface area (Å²) >= 11 is 0.155. The molecular formula is C25H48AsPSi2. The van der Waals surface area contributed by atoms with Crippen LogP contribution in [0.25, 0.3) is 0 Å². The SMILES string of the molecule is CC(C)(C)c1cc(C(C)(C)C)c([As]=PC([Si](C)(C)C)[Si](C)(C)C)c(C(C)(C)C)c1. The van der Waals surface area contributed by atoms with Crippen LogP contribution in [-0.4, -0.2) is 35.9 Å². The summed E-state index contributed by atoms with van der Waals surface area (Å²) in [6.45, 7) is 38.9. The van der Waals surface area contributed by atoms with Crippen LogP contribution in [0.2, 0.25) is 39.3 Å². The van der Waals surface area contributed by atoms with E-state index < -0.39 is 16.1 Å². The third-order valence-electron chi connectivity index (χ3n) is 5.51. The van der Waals surface area contributed by atoms with Crippen LogP contribution in [0.4, 0.5) is 0 Å². The fourth-order valence-corrected chi connectivity index (χ4v) is 37.1. The Bertz CT molecular complexity index is 696. The van der Waals surface area contributed by atoms with Crippen LogP contribution >= 0.6 is 6.69 Å². The van der Waals surface area contributed by atoms with E-state index in [0.29, 0.717) is 0 Å². The van der Waals surface area contributed by atoms with Gasteiger partial charge in [-0.2, -0.15) is 0 Å². The van der Waals surface area contributed by atoms with Crippen molar-refractivity contribution in [3.05, 3.63) is 28.8 Å². The number of benzene rings is 1. The van der Waals surface area contributed by atoms with Crippen molar-refractivity contribution < 1.29 is 0 Å². The number of hydrogen-bond acceptors (Lipinski definition) is 0. The summed E-state index contributed by atoms with van der Waals surface area (Å²) in [7, 11) is -2.34. The van der Waals surface area contributed by atoms with Crippen LogP contribution in [0.5, 0.6) is 0 Å². The fourth-order valence-electron chi connectivity index (χ4n) is 4.08. The molecule has 0 saturated heterocycles. The molecule has 0 atom stereocenters. The third kappa shape index (κ3) is 7.55. The van der Waals surface area contributed by atoms with E-state index in [9.17, 15) is 0 Å². The Morgan fingerprint density at radius 2 is 1.00 bits per heavy atom. The van der Waals surface area contributed by atoms with Gasteiger partial charge in [-0.25, -0.2) is 0 Å². The molecule has 0 aliphatic heterocycles. The standard InChI is InChI=1S/C25H48AsPSi2/c1-23(2,3)18-16-19(24(4,5)6)21(20(17-18)25(7,8)9)26-27-22(28(10,11)12)29(13,14)15/h16-17,22H,1-15H3. The van der Waals surface area contributed by atoms with Gasteiger partial charge in [0.1, 0.15) is 0 Å². The van der Waals surface area contributed by atoms with Crippen LogP contribution in [0.1, 0.15) is 79.0 Å². The molecule has 4 heteroatoms. The Labute approximate surface area is 193 Å². The van der Waals surface area contributed by atoms with Gasteiger partial charge in [-0.3, -0.25) is 0 Å². The molecule has 0 N–H and O–H groups in total. The fraction of sp³-hybridized carbons (Fsp3) is 0.760. The molecule has 1 aromatic rings. The molecule has 0 spiro atoms. The normalized spacial score (nSPS) is 14.9. The predicted molar refractivity (Wildman–Crippen MR) is 145 cm³/mol. The minimum atomic E-state index is -1.17. The van der Waals surface area contributed by atoms with Gasteiger partial charge in [0.15, 0.2) is 0 Å². The molecule has 0 aromatic heterocycles. The van der Waals surface area contributed by atoms with Crippen molar-refractivity contribution in [2.45, 2.75) is 123 Å². The van der Waals surface area contributed by atoms with E-state index in [1.165, 1.54) is 5.56 Å². The van der Waals surface area contributed by atoms with Crippen LogP contribution in [-0.2, 0) is 16.2 Å². The second kappa shape index (κ2) is 8.80. The van der Waals surface area contributed by atoms with Crippen molar-refractivity contribution in [2.75, 3.05) is 0 Å². The van der Waals surface area contributed by atoms with E-state index in [1.54, 1.807) is 22.2 Å². The summed E-state index contributed by atoms with van der Waals surface area (Å²) < 4.78 is 1.73. The van der Waals surface area contributed by atoms with E-state index >= 15 is 0 Å². The van der Waals surface area contributed by atoms with E-state index in [1.807, 2.05) is 0 Å². The van der Waals surface area contributed by atoms with Crippen LogP contribution < -0.4 is 4.35 Å². The zero-order valence-corrected chi connectivity index (χ0v) is 26.9. The Morgan fingerprint density at radius 3 is 1.24 bits per heavy atom. The molecule has 0 amide bonds. The zero-order valence-electron chi connectivity index (χ0n) is 22.1. The predicted octanol–water partition coefficient (Wildman–Crippen LogP) is 7.89.